The number of hydrogen-bond donors (Lipinski definition) is 3. The number of rotatable bonds is 5. The van der Waals surface area contributed by atoms with Crippen molar-refractivity contribution in [3.63, 3.8) is 0 Å². The number of nitrogens with zero attached hydrogens (tertiary/aromatic N) is 1. The van der Waals surface area contributed by atoms with Crippen LogP contribution in [0.1, 0.15) is 32.1 Å². The van der Waals surface area contributed by atoms with Crippen molar-refractivity contribution in [1.82, 2.24) is 4.98 Å². The van der Waals surface area contributed by atoms with E-state index < -0.39 is 34.8 Å². The van der Waals surface area contributed by atoms with Gasteiger partial charge in [-0.25, -0.2) is 14.2 Å². The van der Waals surface area contributed by atoms with Gasteiger partial charge in [-0.2, -0.15) is 0 Å². The van der Waals surface area contributed by atoms with Crippen molar-refractivity contribution < 1.29 is 34.0 Å². The molecule has 0 saturated carbocycles. The summed E-state index contributed by atoms with van der Waals surface area (Å²) >= 11 is 0. The average Bonchev–Trinajstić information content (AvgIpc) is 2.76. The summed E-state index contributed by atoms with van der Waals surface area (Å²) in [6.45, 7) is 1.91. The van der Waals surface area contributed by atoms with Gasteiger partial charge in [0.05, 0.1) is 0 Å². The highest BCUT2D eigenvalue weighted by Gasteiger charge is 2.21. The molecule has 0 saturated heterocycles. The number of carboxylic acid groups (broad SMARTS) is 1. The lowest BCUT2D eigenvalue weighted by Gasteiger charge is -2.10. The normalized spacial score (nSPS) is 10.8. The predicted octanol–water partition coefficient (Wildman–Crippen LogP) is 4.82. The first-order valence-corrected chi connectivity index (χ1v) is 9.41. The fourth-order valence-corrected chi connectivity index (χ4v) is 3.16. The van der Waals surface area contributed by atoms with Gasteiger partial charge in [-0.05, 0) is 60.8 Å². The molecule has 1 heterocycles. The smallest absolute Gasteiger partial charge is 0.354 e. The number of ether oxygens (including phenoxy) is 1. The Morgan fingerprint density at radius 1 is 0.938 bits per heavy atom. The van der Waals surface area contributed by atoms with Gasteiger partial charge < -0.3 is 20.1 Å². The Labute approximate surface area is 181 Å². The van der Waals surface area contributed by atoms with E-state index in [0.717, 1.165) is 29.8 Å². The van der Waals surface area contributed by atoms with Gasteiger partial charge in [0.2, 0.25) is 5.78 Å². The maximum Gasteiger partial charge on any atom is 0.354 e. The molecule has 8 heteroatoms. The van der Waals surface area contributed by atoms with Crippen LogP contribution in [0.25, 0.3) is 10.8 Å². The Kier molecular flexibility index (Phi) is 5.19. The molecule has 1 aromatic heterocycles. The zero-order valence-electron chi connectivity index (χ0n) is 16.7. The molecule has 3 aromatic carbocycles. The topological polar surface area (TPSA) is 117 Å². The van der Waals surface area contributed by atoms with Gasteiger partial charge in [0.15, 0.2) is 23.1 Å². The van der Waals surface area contributed by atoms with Crippen molar-refractivity contribution in [3.05, 3.63) is 89.0 Å². The maximum atomic E-state index is 14.7. The summed E-state index contributed by atoms with van der Waals surface area (Å²) < 4.78 is 20.2. The van der Waals surface area contributed by atoms with Crippen LogP contribution in [0.4, 0.5) is 4.39 Å². The van der Waals surface area contributed by atoms with Crippen LogP contribution in [-0.2, 0) is 0 Å². The number of phenols is 2. The van der Waals surface area contributed by atoms with Gasteiger partial charge in [0.1, 0.15) is 17.1 Å². The van der Waals surface area contributed by atoms with Crippen LogP contribution in [0.5, 0.6) is 23.0 Å². The second-order valence-corrected chi connectivity index (χ2v) is 7.11. The number of pyridine rings is 1. The van der Waals surface area contributed by atoms with Crippen molar-refractivity contribution in [1.29, 1.82) is 0 Å². The Morgan fingerprint density at radius 3 is 2.28 bits per heavy atom. The molecule has 0 aliphatic carbocycles. The number of carbonyl (C=O) groups is 2. The minimum Gasteiger partial charge on any atom is -0.504 e. The summed E-state index contributed by atoms with van der Waals surface area (Å²) in [4.78, 5) is 28.4. The van der Waals surface area contributed by atoms with E-state index in [1.807, 2.05) is 19.1 Å². The highest BCUT2D eigenvalue weighted by molar-refractivity contribution is 6.16. The SMILES string of the molecule is Cc1ccc(Oc2ccc(C(=O)c3nc(C(=O)O)cc4cc(O)c(O)cc34)cc2F)cc1. The molecule has 4 aromatic rings. The quantitative estimate of drug-likeness (QED) is 0.305. The van der Waals surface area contributed by atoms with Gasteiger partial charge in [-0.15, -0.1) is 0 Å². The minimum atomic E-state index is -1.39. The van der Waals surface area contributed by atoms with Crippen molar-refractivity contribution in [2.75, 3.05) is 0 Å². The van der Waals surface area contributed by atoms with Gasteiger partial charge in [0, 0.05) is 10.9 Å². The number of aryl methyl sites for hydroxylation is 1. The number of ketones is 1. The molecule has 0 aliphatic rings. The van der Waals surface area contributed by atoms with E-state index >= 15 is 0 Å². The number of aromatic carboxylic acids is 1. The number of carboxylic acids is 1. The summed E-state index contributed by atoms with van der Waals surface area (Å²) in [5, 5.41) is 29.2. The Hall–Kier alpha value is -4.46. The third kappa shape index (κ3) is 3.93. The lowest BCUT2D eigenvalue weighted by Crippen LogP contribution is -2.10. The van der Waals surface area contributed by atoms with Crippen LogP contribution in [0.3, 0.4) is 0 Å². The average molecular weight is 433 g/mol. The molecular formula is C24H16FNO6. The second-order valence-electron chi connectivity index (χ2n) is 7.11. The summed E-state index contributed by atoms with van der Waals surface area (Å²) in [6.07, 6.45) is 0. The van der Waals surface area contributed by atoms with Crippen molar-refractivity contribution in [2.45, 2.75) is 6.92 Å². The lowest BCUT2D eigenvalue weighted by molar-refractivity contribution is 0.0690. The largest absolute Gasteiger partial charge is 0.504 e. The zero-order valence-corrected chi connectivity index (χ0v) is 16.7. The van der Waals surface area contributed by atoms with Crippen molar-refractivity contribution in [2.24, 2.45) is 0 Å². The molecule has 3 N–H and O–H groups in total. The van der Waals surface area contributed by atoms with E-state index in [2.05, 4.69) is 4.98 Å². The van der Waals surface area contributed by atoms with E-state index in [0.29, 0.717) is 5.75 Å². The predicted molar refractivity (Wildman–Crippen MR) is 113 cm³/mol. The van der Waals surface area contributed by atoms with E-state index in [9.17, 15) is 29.3 Å². The third-order valence-electron chi connectivity index (χ3n) is 4.80. The van der Waals surface area contributed by atoms with Crippen molar-refractivity contribution in [3.8, 4) is 23.0 Å². The molecule has 0 radical (unpaired) electrons. The lowest BCUT2D eigenvalue weighted by atomic mass is 10.0. The highest BCUT2D eigenvalue weighted by atomic mass is 19.1. The van der Waals surface area contributed by atoms with Crippen LogP contribution in [-0.4, -0.2) is 32.1 Å². The van der Waals surface area contributed by atoms with Crippen LogP contribution in [0, 0.1) is 12.7 Å². The van der Waals surface area contributed by atoms with E-state index in [-0.39, 0.29) is 27.8 Å². The molecule has 0 bridgehead atoms. The monoisotopic (exact) mass is 433 g/mol. The van der Waals surface area contributed by atoms with Gasteiger partial charge in [-0.3, -0.25) is 4.79 Å². The first-order chi connectivity index (χ1) is 15.2. The Balaban J connectivity index is 1.75. The molecule has 0 spiro atoms. The number of halogens is 1. The fraction of sp³-hybridized carbons (Fsp3) is 0.0417. The molecule has 0 unspecified atom stereocenters. The molecule has 4 rings (SSSR count). The van der Waals surface area contributed by atoms with E-state index in [1.54, 1.807) is 12.1 Å². The first kappa shape index (κ1) is 20.8. The van der Waals surface area contributed by atoms with Crippen molar-refractivity contribution >= 4 is 22.5 Å². The Morgan fingerprint density at radius 2 is 1.62 bits per heavy atom. The first-order valence-electron chi connectivity index (χ1n) is 9.41. The van der Waals surface area contributed by atoms with Gasteiger partial charge in [-0.1, -0.05) is 17.7 Å². The van der Waals surface area contributed by atoms with Gasteiger partial charge >= 0.3 is 5.97 Å². The number of phenolic OH excluding ortho intramolecular Hbond substituents is 2. The van der Waals surface area contributed by atoms with E-state index in [1.165, 1.54) is 12.1 Å². The van der Waals surface area contributed by atoms with Crippen LogP contribution in [0.2, 0.25) is 0 Å². The molecule has 0 atom stereocenters. The number of benzene rings is 3. The van der Waals surface area contributed by atoms with Crippen LogP contribution in [0.15, 0.2) is 60.7 Å². The molecule has 0 aliphatic heterocycles. The Bertz CT molecular complexity index is 1380. The maximum absolute atomic E-state index is 14.7. The molecule has 0 amide bonds. The zero-order chi connectivity index (χ0) is 23.0. The minimum absolute atomic E-state index is 0.0925. The van der Waals surface area contributed by atoms with Crippen LogP contribution < -0.4 is 4.74 Å². The van der Waals surface area contributed by atoms with Gasteiger partial charge in [0.25, 0.3) is 0 Å². The van der Waals surface area contributed by atoms with Crippen LogP contribution >= 0.6 is 0 Å². The summed E-state index contributed by atoms with van der Waals surface area (Å²) in [5.41, 5.74) is 0.177. The summed E-state index contributed by atoms with van der Waals surface area (Å²) in [5.74, 6) is -3.61. The molecule has 32 heavy (non-hydrogen) atoms. The summed E-state index contributed by atoms with van der Waals surface area (Å²) in [6, 6.07) is 13.9. The molecular weight excluding hydrogens is 417 g/mol. The number of aromatic hydroxyl groups is 2. The highest BCUT2D eigenvalue weighted by Crippen LogP contribution is 2.33. The fourth-order valence-electron chi connectivity index (χ4n) is 3.16. The third-order valence-corrected chi connectivity index (χ3v) is 4.80. The standard InChI is InChI=1S/C24H16FNO6/c1-12-2-5-15(6-3-12)32-21-7-4-13(8-17(21)25)23(29)22-16-11-20(28)19(27)10-14(16)9-18(26-22)24(30)31/h2-11,27-28H,1H3,(H,30,31). The number of aromatic nitrogens is 1. The molecule has 160 valence electrons. The number of hydrogen-bond acceptors (Lipinski definition) is 6. The second kappa shape index (κ2) is 7.99. The van der Waals surface area contributed by atoms with E-state index in [4.69, 9.17) is 4.74 Å². The molecule has 0 fully saturated rings. The summed E-state index contributed by atoms with van der Waals surface area (Å²) in [7, 11) is 0. The number of carbonyl (C=O) groups excluding carboxylic acids is 1. The molecule has 7 nitrogen and oxygen atoms in total. The number of fused-ring (bicyclic) bond motifs is 1.